The molecule has 0 aliphatic rings. The van der Waals surface area contributed by atoms with Crippen molar-refractivity contribution < 1.29 is 17.9 Å². The topological polar surface area (TPSA) is 73.1 Å². The molecule has 0 unspecified atom stereocenters. The number of nitrogens with two attached hydrogens (primary N) is 1. The third-order valence-electron chi connectivity index (χ3n) is 2.54. The first-order valence-electron chi connectivity index (χ1n) is 5.92. The van der Waals surface area contributed by atoms with Crippen LogP contribution in [0.5, 0.6) is 5.88 Å². The smallest absolute Gasteiger partial charge is 0.389 e. The van der Waals surface area contributed by atoms with Crippen LogP contribution >= 0.6 is 0 Å². The summed E-state index contributed by atoms with van der Waals surface area (Å²) in [6.45, 7) is -0.0788. The molecule has 108 valence electrons. The summed E-state index contributed by atoms with van der Waals surface area (Å²) < 4.78 is 41.4. The van der Waals surface area contributed by atoms with Gasteiger partial charge in [-0.25, -0.2) is 10.8 Å². The lowest BCUT2D eigenvalue weighted by atomic mass is 10.2. The molecule has 1 heterocycles. The number of hydrogen-bond acceptors (Lipinski definition) is 5. The Labute approximate surface area is 112 Å². The largest absolute Gasteiger partial charge is 0.477 e. The molecule has 1 aromatic carbocycles. The van der Waals surface area contributed by atoms with Crippen molar-refractivity contribution in [2.24, 2.45) is 5.84 Å². The van der Waals surface area contributed by atoms with Crippen LogP contribution in [-0.4, -0.2) is 22.8 Å². The van der Waals surface area contributed by atoms with Crippen LogP contribution in [0.25, 0.3) is 10.9 Å². The molecule has 8 heteroatoms. The average Bonchev–Trinajstić information content (AvgIpc) is 2.42. The second-order valence-electron chi connectivity index (χ2n) is 4.08. The Hall–Kier alpha value is -2.09. The lowest BCUT2D eigenvalue weighted by Gasteiger charge is -2.10. The summed E-state index contributed by atoms with van der Waals surface area (Å²) in [5, 5.41) is 0.624. The molecule has 0 saturated carbocycles. The fourth-order valence-electron chi connectivity index (χ4n) is 1.66. The van der Waals surface area contributed by atoms with Gasteiger partial charge in [0.25, 0.3) is 0 Å². The molecule has 0 fully saturated rings. The molecule has 0 atom stereocenters. The van der Waals surface area contributed by atoms with Gasteiger partial charge >= 0.3 is 6.18 Å². The summed E-state index contributed by atoms with van der Waals surface area (Å²) in [6.07, 6.45) is -5.20. The van der Waals surface area contributed by atoms with Gasteiger partial charge in [-0.1, -0.05) is 12.1 Å². The quantitative estimate of drug-likeness (QED) is 0.502. The van der Waals surface area contributed by atoms with Crippen molar-refractivity contribution in [2.45, 2.75) is 19.0 Å². The molecule has 0 amide bonds. The summed E-state index contributed by atoms with van der Waals surface area (Å²) in [6, 6.07) is 7.02. The van der Waals surface area contributed by atoms with Crippen molar-refractivity contribution in [2.75, 3.05) is 12.0 Å². The molecule has 0 saturated heterocycles. The van der Waals surface area contributed by atoms with Crippen molar-refractivity contribution >= 4 is 16.9 Å². The Balaban J connectivity index is 2.12. The van der Waals surface area contributed by atoms with Crippen LogP contribution in [-0.2, 0) is 0 Å². The van der Waals surface area contributed by atoms with Gasteiger partial charge in [-0.3, -0.25) is 5.43 Å². The van der Waals surface area contributed by atoms with E-state index in [-0.39, 0.29) is 24.9 Å². The van der Waals surface area contributed by atoms with E-state index in [0.717, 1.165) is 0 Å². The summed E-state index contributed by atoms with van der Waals surface area (Å²) in [5.74, 6) is 5.60. The molecular formula is C12H13F3N4O. The van der Waals surface area contributed by atoms with Crippen molar-refractivity contribution in [3.8, 4) is 5.88 Å². The average molecular weight is 286 g/mol. The van der Waals surface area contributed by atoms with E-state index in [1.165, 1.54) is 0 Å². The highest BCUT2D eigenvalue weighted by Gasteiger charge is 2.26. The number of nitrogens with one attached hydrogen (secondary N) is 1. The molecule has 0 aliphatic heterocycles. The van der Waals surface area contributed by atoms with Gasteiger partial charge in [0.05, 0.1) is 17.5 Å². The molecule has 2 aromatic rings. The number of aromatic nitrogens is 2. The molecule has 5 nitrogen and oxygen atoms in total. The molecule has 0 aliphatic carbocycles. The van der Waals surface area contributed by atoms with E-state index in [9.17, 15) is 13.2 Å². The van der Waals surface area contributed by atoms with Crippen LogP contribution in [0.1, 0.15) is 12.8 Å². The maximum atomic E-state index is 12.0. The number of alkyl halides is 3. The SMILES string of the molecule is NNc1nc(OCCCC(F)(F)F)c2ccccc2n1. The van der Waals surface area contributed by atoms with E-state index in [0.29, 0.717) is 10.9 Å². The normalized spacial score (nSPS) is 11.6. The molecule has 0 bridgehead atoms. The Morgan fingerprint density at radius 2 is 1.95 bits per heavy atom. The Morgan fingerprint density at radius 3 is 2.65 bits per heavy atom. The van der Waals surface area contributed by atoms with E-state index in [1.54, 1.807) is 24.3 Å². The second kappa shape index (κ2) is 5.91. The van der Waals surface area contributed by atoms with E-state index in [1.807, 2.05) is 0 Å². The number of fused-ring (bicyclic) bond motifs is 1. The fourth-order valence-corrected chi connectivity index (χ4v) is 1.66. The molecule has 1 aromatic heterocycles. The summed E-state index contributed by atoms with van der Waals surface area (Å²) >= 11 is 0. The van der Waals surface area contributed by atoms with Gasteiger partial charge in [0.15, 0.2) is 0 Å². The van der Waals surface area contributed by atoms with Crippen LogP contribution in [0, 0.1) is 0 Å². The number of benzene rings is 1. The zero-order valence-corrected chi connectivity index (χ0v) is 10.4. The van der Waals surface area contributed by atoms with Crippen LogP contribution in [0.2, 0.25) is 0 Å². The third-order valence-corrected chi connectivity index (χ3v) is 2.54. The Bertz CT molecular complexity index is 588. The molecule has 3 N–H and O–H groups in total. The molecule has 2 rings (SSSR count). The summed E-state index contributed by atoms with van der Waals surface area (Å²) in [7, 11) is 0. The number of para-hydroxylation sites is 1. The van der Waals surface area contributed by atoms with E-state index in [2.05, 4.69) is 15.4 Å². The van der Waals surface area contributed by atoms with Crippen LogP contribution in [0.3, 0.4) is 0 Å². The zero-order valence-electron chi connectivity index (χ0n) is 10.4. The van der Waals surface area contributed by atoms with Gasteiger partial charge in [0.2, 0.25) is 11.8 Å². The molecular weight excluding hydrogens is 273 g/mol. The van der Waals surface area contributed by atoms with Gasteiger partial charge in [-0.2, -0.15) is 18.2 Å². The standard InChI is InChI=1S/C12H13F3N4O/c13-12(14,15)6-3-7-20-10-8-4-1-2-5-9(8)17-11(18-10)19-16/h1-2,4-5H,3,6-7,16H2,(H,17,18,19). The Kier molecular flexibility index (Phi) is 4.23. The van der Waals surface area contributed by atoms with E-state index in [4.69, 9.17) is 10.6 Å². The molecule has 0 spiro atoms. The number of anilines is 1. The van der Waals surface area contributed by atoms with Crippen LogP contribution in [0.15, 0.2) is 24.3 Å². The second-order valence-corrected chi connectivity index (χ2v) is 4.08. The van der Waals surface area contributed by atoms with E-state index >= 15 is 0 Å². The fraction of sp³-hybridized carbons (Fsp3) is 0.333. The van der Waals surface area contributed by atoms with Gasteiger partial charge in [0.1, 0.15) is 0 Å². The number of nitrogens with zero attached hydrogens (tertiary/aromatic N) is 2. The molecule has 0 radical (unpaired) electrons. The van der Waals surface area contributed by atoms with Gasteiger partial charge in [-0.05, 0) is 18.6 Å². The van der Waals surface area contributed by atoms with Crippen LogP contribution in [0.4, 0.5) is 19.1 Å². The maximum absolute atomic E-state index is 12.0. The third kappa shape index (κ3) is 3.70. The summed E-state index contributed by atoms with van der Waals surface area (Å²) in [5.41, 5.74) is 2.89. The lowest BCUT2D eigenvalue weighted by Crippen LogP contribution is -2.13. The minimum atomic E-state index is -4.18. The van der Waals surface area contributed by atoms with Gasteiger partial charge in [-0.15, -0.1) is 0 Å². The number of nitrogen functional groups attached to an aromatic ring is 1. The first kappa shape index (κ1) is 14.3. The highest BCUT2D eigenvalue weighted by atomic mass is 19.4. The zero-order chi connectivity index (χ0) is 14.6. The van der Waals surface area contributed by atoms with Crippen molar-refractivity contribution in [1.82, 2.24) is 9.97 Å². The van der Waals surface area contributed by atoms with Crippen LogP contribution < -0.4 is 16.0 Å². The number of rotatable bonds is 5. The molecule has 20 heavy (non-hydrogen) atoms. The highest BCUT2D eigenvalue weighted by Crippen LogP contribution is 2.25. The lowest BCUT2D eigenvalue weighted by molar-refractivity contribution is -0.136. The monoisotopic (exact) mass is 286 g/mol. The highest BCUT2D eigenvalue weighted by molar-refractivity contribution is 5.84. The minimum Gasteiger partial charge on any atom is -0.477 e. The Morgan fingerprint density at radius 1 is 1.20 bits per heavy atom. The predicted octanol–water partition coefficient (Wildman–Crippen LogP) is 2.64. The predicted molar refractivity (Wildman–Crippen MR) is 68.1 cm³/mol. The van der Waals surface area contributed by atoms with Gasteiger partial charge < -0.3 is 4.74 Å². The minimum absolute atomic E-state index is 0.0788. The number of halogens is 3. The summed E-state index contributed by atoms with van der Waals surface area (Å²) in [4.78, 5) is 8.12. The first-order chi connectivity index (χ1) is 9.49. The van der Waals surface area contributed by atoms with Crippen molar-refractivity contribution in [3.63, 3.8) is 0 Å². The maximum Gasteiger partial charge on any atom is 0.389 e. The number of hydrogen-bond donors (Lipinski definition) is 2. The van der Waals surface area contributed by atoms with Crippen molar-refractivity contribution in [3.05, 3.63) is 24.3 Å². The van der Waals surface area contributed by atoms with Crippen molar-refractivity contribution in [1.29, 1.82) is 0 Å². The van der Waals surface area contributed by atoms with E-state index < -0.39 is 12.6 Å². The number of ether oxygens (including phenoxy) is 1. The first-order valence-corrected chi connectivity index (χ1v) is 5.92. The van der Waals surface area contributed by atoms with Gasteiger partial charge in [0, 0.05) is 6.42 Å². The number of hydrazine groups is 1.